The Morgan fingerprint density at radius 3 is 2.53 bits per heavy atom. The number of ether oxygens (including phenoxy) is 1. The number of likely N-dealkylation sites (tertiary alicyclic amines) is 1. The third-order valence-corrected chi connectivity index (χ3v) is 10.1. The SMILES string of the molecule is CC(C)(C)CC(C)(C)N1CC=C[C@]23S[C@H]4/C=C\CCCCOC(=O)[C@H]4[C@H]2C(=O)N(CCCCCO)C3C1=O. The Morgan fingerprint density at radius 1 is 1.05 bits per heavy atom. The number of nitrogens with zero attached hydrogens (tertiary/aromatic N) is 2. The molecule has 0 aromatic rings. The highest BCUT2D eigenvalue weighted by atomic mass is 32.2. The molecule has 0 radical (unpaired) electrons. The fraction of sp³-hybridized carbons (Fsp3) is 0.767. The first kappa shape index (κ1) is 29.2. The van der Waals surface area contributed by atoms with Gasteiger partial charge in [0.25, 0.3) is 0 Å². The quantitative estimate of drug-likeness (QED) is 0.290. The summed E-state index contributed by atoms with van der Waals surface area (Å²) in [5.74, 6) is -1.72. The summed E-state index contributed by atoms with van der Waals surface area (Å²) in [6, 6.07) is -0.670. The van der Waals surface area contributed by atoms with Gasteiger partial charge in [0, 0.05) is 30.5 Å². The lowest BCUT2D eigenvalue weighted by atomic mass is 9.78. The van der Waals surface area contributed by atoms with Crippen molar-refractivity contribution < 1.29 is 24.2 Å². The minimum absolute atomic E-state index is 0.0224. The Labute approximate surface area is 232 Å². The monoisotopic (exact) mass is 546 g/mol. The van der Waals surface area contributed by atoms with E-state index in [-0.39, 0.29) is 35.1 Å². The minimum Gasteiger partial charge on any atom is -0.465 e. The first-order valence-corrected chi connectivity index (χ1v) is 15.2. The number of fused-ring (bicyclic) bond motifs is 2. The number of aliphatic hydroxyl groups excluding tert-OH is 1. The van der Waals surface area contributed by atoms with E-state index < -0.39 is 28.2 Å². The number of hydrogen-bond acceptors (Lipinski definition) is 6. The Bertz CT molecular complexity index is 970. The van der Waals surface area contributed by atoms with Crippen LogP contribution in [-0.4, -0.2) is 80.6 Å². The lowest BCUT2D eigenvalue weighted by Gasteiger charge is -2.44. The number of carbonyl (C=O) groups is 3. The summed E-state index contributed by atoms with van der Waals surface area (Å²) in [7, 11) is 0. The van der Waals surface area contributed by atoms with Crippen LogP contribution in [0.2, 0.25) is 0 Å². The van der Waals surface area contributed by atoms with Gasteiger partial charge >= 0.3 is 5.97 Å². The van der Waals surface area contributed by atoms with Crippen LogP contribution >= 0.6 is 11.8 Å². The van der Waals surface area contributed by atoms with Crippen LogP contribution in [0.1, 0.15) is 79.6 Å². The fourth-order valence-electron chi connectivity index (χ4n) is 7.16. The maximum Gasteiger partial charge on any atom is 0.311 e. The molecule has 8 heteroatoms. The number of unbranched alkanes of at least 4 members (excludes halogenated alkanes) is 2. The molecule has 7 nitrogen and oxygen atoms in total. The van der Waals surface area contributed by atoms with E-state index >= 15 is 0 Å². The predicted molar refractivity (Wildman–Crippen MR) is 150 cm³/mol. The number of aliphatic hydroxyl groups is 1. The van der Waals surface area contributed by atoms with Crippen LogP contribution in [0.3, 0.4) is 0 Å². The van der Waals surface area contributed by atoms with E-state index in [0.29, 0.717) is 32.5 Å². The number of thioether (sulfide) groups is 1. The molecule has 2 saturated heterocycles. The lowest BCUT2D eigenvalue weighted by Crippen LogP contribution is -2.58. The molecule has 1 unspecified atom stereocenters. The molecule has 0 aromatic heterocycles. The van der Waals surface area contributed by atoms with E-state index in [0.717, 1.165) is 32.1 Å². The average molecular weight is 547 g/mol. The second kappa shape index (κ2) is 11.4. The van der Waals surface area contributed by atoms with Crippen LogP contribution in [0, 0.1) is 17.3 Å². The smallest absolute Gasteiger partial charge is 0.311 e. The van der Waals surface area contributed by atoms with Gasteiger partial charge in [-0.05, 0) is 64.2 Å². The van der Waals surface area contributed by atoms with Crippen molar-refractivity contribution in [1.29, 1.82) is 0 Å². The molecule has 1 N–H and O–H groups in total. The van der Waals surface area contributed by atoms with Gasteiger partial charge in [-0.3, -0.25) is 14.4 Å². The Balaban J connectivity index is 1.76. The van der Waals surface area contributed by atoms with Crippen LogP contribution in [0.4, 0.5) is 0 Å². The first-order chi connectivity index (χ1) is 17.9. The maximum absolute atomic E-state index is 14.6. The zero-order valence-corrected chi connectivity index (χ0v) is 24.6. The summed E-state index contributed by atoms with van der Waals surface area (Å²) < 4.78 is 4.88. The van der Waals surface area contributed by atoms with Crippen LogP contribution in [-0.2, 0) is 19.1 Å². The second-order valence-electron chi connectivity index (χ2n) is 13.2. The van der Waals surface area contributed by atoms with Gasteiger partial charge in [-0.1, -0.05) is 45.1 Å². The van der Waals surface area contributed by atoms with Crippen molar-refractivity contribution >= 4 is 29.5 Å². The summed E-state index contributed by atoms with van der Waals surface area (Å²) >= 11 is 1.61. The number of allylic oxidation sites excluding steroid dienone is 1. The molecule has 4 aliphatic rings. The summed E-state index contributed by atoms with van der Waals surface area (Å²) in [5, 5.41) is 9.06. The summed E-state index contributed by atoms with van der Waals surface area (Å²) in [6.45, 7) is 12.2. The highest BCUT2D eigenvalue weighted by Crippen LogP contribution is 2.61. The van der Waals surface area contributed by atoms with Crippen molar-refractivity contribution in [3.63, 3.8) is 0 Å². The van der Waals surface area contributed by atoms with Gasteiger partial charge in [0.2, 0.25) is 11.8 Å². The first-order valence-electron chi connectivity index (χ1n) is 14.3. The number of hydrogen-bond donors (Lipinski definition) is 1. The molecule has 0 aliphatic carbocycles. The van der Waals surface area contributed by atoms with Gasteiger partial charge < -0.3 is 19.6 Å². The third-order valence-electron chi connectivity index (χ3n) is 8.35. The van der Waals surface area contributed by atoms with Crippen molar-refractivity contribution in [2.75, 3.05) is 26.3 Å². The highest BCUT2D eigenvalue weighted by molar-refractivity contribution is 8.02. The van der Waals surface area contributed by atoms with Gasteiger partial charge in [-0.2, -0.15) is 0 Å². The van der Waals surface area contributed by atoms with Crippen molar-refractivity contribution in [3.05, 3.63) is 24.3 Å². The van der Waals surface area contributed by atoms with E-state index in [1.54, 1.807) is 16.7 Å². The zero-order valence-electron chi connectivity index (χ0n) is 23.8. The number of amides is 2. The molecule has 2 amide bonds. The van der Waals surface area contributed by atoms with Gasteiger partial charge in [0.15, 0.2) is 0 Å². The third kappa shape index (κ3) is 5.58. The number of esters is 1. The summed E-state index contributed by atoms with van der Waals surface area (Å²) in [4.78, 5) is 46.0. The van der Waals surface area contributed by atoms with Crippen LogP contribution in [0.5, 0.6) is 0 Å². The van der Waals surface area contributed by atoms with Crippen molar-refractivity contribution in [3.8, 4) is 0 Å². The predicted octanol–water partition coefficient (Wildman–Crippen LogP) is 4.34. The van der Waals surface area contributed by atoms with Gasteiger partial charge in [-0.15, -0.1) is 11.8 Å². The van der Waals surface area contributed by atoms with Gasteiger partial charge in [0.1, 0.15) is 6.04 Å². The summed E-state index contributed by atoms with van der Waals surface area (Å²) in [6.07, 6.45) is 14.0. The standard InChI is InChI=1S/C30H46N2O5S/c1-28(2,3)20-29(4,5)32-17-13-15-30-23(22-21(38-30)14-9-6-7-12-19-37-27(22)36)25(34)31(24(30)26(32)35)16-10-8-11-18-33/h9,13-15,21-24,33H,6-8,10-12,16-20H2,1-5H3/b14-9-/t21-,22+,23-,24?,30-/m0/s1. The number of rotatable bonds is 7. The Hall–Kier alpha value is -1.80. The molecule has 4 heterocycles. The lowest BCUT2D eigenvalue weighted by molar-refractivity contribution is -0.153. The Kier molecular flexibility index (Phi) is 8.73. The second-order valence-corrected chi connectivity index (χ2v) is 14.6. The van der Waals surface area contributed by atoms with Gasteiger partial charge in [-0.25, -0.2) is 0 Å². The van der Waals surface area contributed by atoms with Crippen LogP contribution < -0.4 is 0 Å². The van der Waals surface area contributed by atoms with Crippen molar-refractivity contribution in [2.45, 2.75) is 101 Å². The molecule has 0 aromatic carbocycles. The molecule has 38 heavy (non-hydrogen) atoms. The average Bonchev–Trinajstić information content (AvgIpc) is 3.19. The summed E-state index contributed by atoms with van der Waals surface area (Å²) in [5.41, 5.74) is -0.386. The topological polar surface area (TPSA) is 87.2 Å². The molecule has 5 atom stereocenters. The largest absolute Gasteiger partial charge is 0.465 e. The minimum atomic E-state index is -0.815. The van der Waals surface area contributed by atoms with E-state index in [9.17, 15) is 19.5 Å². The van der Waals surface area contributed by atoms with Crippen molar-refractivity contribution in [2.24, 2.45) is 17.3 Å². The zero-order chi connectivity index (χ0) is 27.7. The molecule has 212 valence electrons. The normalized spacial score (nSPS) is 32.9. The highest BCUT2D eigenvalue weighted by Gasteiger charge is 2.71. The molecular weight excluding hydrogens is 500 g/mol. The van der Waals surface area contributed by atoms with Crippen LogP contribution in [0.15, 0.2) is 24.3 Å². The molecule has 2 fully saturated rings. The molecule has 0 saturated carbocycles. The van der Waals surface area contributed by atoms with Gasteiger partial charge in [0.05, 0.1) is 23.2 Å². The molecular formula is C30H46N2O5S. The van der Waals surface area contributed by atoms with Crippen molar-refractivity contribution in [1.82, 2.24) is 9.80 Å². The molecule has 4 rings (SSSR count). The fourth-order valence-corrected chi connectivity index (χ4v) is 9.17. The van der Waals surface area contributed by atoms with E-state index in [1.165, 1.54) is 0 Å². The molecule has 0 bridgehead atoms. The number of carbonyl (C=O) groups excluding carboxylic acids is 3. The number of cyclic esters (lactones) is 1. The molecule has 1 spiro atoms. The maximum atomic E-state index is 14.6. The Morgan fingerprint density at radius 2 is 1.82 bits per heavy atom. The van der Waals surface area contributed by atoms with E-state index in [4.69, 9.17) is 4.74 Å². The molecule has 4 aliphatic heterocycles. The van der Waals surface area contributed by atoms with E-state index in [1.807, 2.05) is 4.90 Å². The van der Waals surface area contributed by atoms with E-state index in [2.05, 4.69) is 58.9 Å². The van der Waals surface area contributed by atoms with Crippen LogP contribution in [0.25, 0.3) is 0 Å².